The zero-order valence-corrected chi connectivity index (χ0v) is 7.82. The van der Waals surface area contributed by atoms with E-state index in [0.29, 0.717) is 5.78 Å². The van der Waals surface area contributed by atoms with Gasteiger partial charge in [0, 0.05) is 5.41 Å². The van der Waals surface area contributed by atoms with Crippen LogP contribution in [-0.2, 0) is 4.79 Å². The lowest BCUT2D eigenvalue weighted by Gasteiger charge is -2.26. The molecule has 0 unspecified atom stereocenters. The Hall–Kier alpha value is -0.590. The zero-order chi connectivity index (χ0) is 8.65. The maximum atomic E-state index is 11.6. The van der Waals surface area contributed by atoms with Gasteiger partial charge in [0.05, 0.1) is 0 Å². The third-order valence-corrected chi connectivity index (χ3v) is 2.22. The second-order valence-electron chi connectivity index (χ2n) is 4.34. The molecular formula is C10H16O. The first-order chi connectivity index (χ1) is 4.93. The van der Waals surface area contributed by atoms with Gasteiger partial charge in [-0.1, -0.05) is 26.3 Å². The molecule has 1 heteroatoms. The standard InChI is InChI=1S/C10H16O/c1-7-5-6-8(7)9(11)10(2,3)4/h5-6H2,1-4H3. The molecule has 0 aliphatic heterocycles. The maximum Gasteiger partial charge on any atom is 0.164 e. The van der Waals surface area contributed by atoms with E-state index in [-0.39, 0.29) is 5.41 Å². The summed E-state index contributed by atoms with van der Waals surface area (Å²) in [4.78, 5) is 11.6. The Morgan fingerprint density at radius 3 is 1.91 bits per heavy atom. The smallest absolute Gasteiger partial charge is 0.164 e. The summed E-state index contributed by atoms with van der Waals surface area (Å²) < 4.78 is 0. The Morgan fingerprint density at radius 2 is 1.82 bits per heavy atom. The minimum absolute atomic E-state index is 0.184. The molecule has 0 heterocycles. The van der Waals surface area contributed by atoms with Crippen LogP contribution in [0.3, 0.4) is 0 Å². The van der Waals surface area contributed by atoms with Crippen molar-refractivity contribution in [2.24, 2.45) is 5.41 Å². The fourth-order valence-corrected chi connectivity index (χ4v) is 1.26. The first kappa shape index (κ1) is 8.51. The first-order valence-corrected chi connectivity index (χ1v) is 4.16. The minimum Gasteiger partial charge on any atom is -0.294 e. The third-order valence-electron chi connectivity index (χ3n) is 2.22. The van der Waals surface area contributed by atoms with Gasteiger partial charge in [-0.2, -0.15) is 0 Å². The number of hydrogen-bond donors (Lipinski definition) is 0. The van der Waals surface area contributed by atoms with E-state index in [0.717, 1.165) is 18.4 Å². The van der Waals surface area contributed by atoms with Crippen LogP contribution in [0.15, 0.2) is 11.1 Å². The molecule has 0 spiro atoms. The Morgan fingerprint density at radius 1 is 1.27 bits per heavy atom. The van der Waals surface area contributed by atoms with Gasteiger partial charge in [-0.05, 0) is 25.3 Å². The predicted molar refractivity (Wildman–Crippen MR) is 46.4 cm³/mol. The number of rotatable bonds is 1. The van der Waals surface area contributed by atoms with Crippen LogP contribution >= 0.6 is 0 Å². The number of Topliss-reactive ketones (excluding diaryl/α,β-unsaturated/α-hetero) is 1. The Bertz CT molecular complexity index is 216. The quantitative estimate of drug-likeness (QED) is 0.564. The van der Waals surface area contributed by atoms with E-state index < -0.39 is 0 Å². The van der Waals surface area contributed by atoms with Gasteiger partial charge in [-0.15, -0.1) is 0 Å². The summed E-state index contributed by atoms with van der Waals surface area (Å²) in [5, 5.41) is 0. The molecule has 0 aromatic carbocycles. The highest BCUT2D eigenvalue weighted by Crippen LogP contribution is 2.33. The average Bonchev–Trinajstić information content (AvgIpc) is 1.83. The summed E-state index contributed by atoms with van der Waals surface area (Å²) in [7, 11) is 0. The molecule has 1 aliphatic rings. The van der Waals surface area contributed by atoms with Crippen molar-refractivity contribution < 1.29 is 4.79 Å². The molecule has 0 amide bonds. The highest BCUT2D eigenvalue weighted by atomic mass is 16.1. The molecule has 0 saturated carbocycles. The van der Waals surface area contributed by atoms with Crippen molar-refractivity contribution in [2.75, 3.05) is 0 Å². The fourth-order valence-electron chi connectivity index (χ4n) is 1.26. The number of carbonyl (C=O) groups is 1. The van der Waals surface area contributed by atoms with Crippen LogP contribution in [0.2, 0.25) is 0 Å². The highest BCUT2D eigenvalue weighted by Gasteiger charge is 2.29. The summed E-state index contributed by atoms with van der Waals surface area (Å²) >= 11 is 0. The molecular weight excluding hydrogens is 136 g/mol. The topological polar surface area (TPSA) is 17.1 Å². The van der Waals surface area contributed by atoms with Crippen LogP contribution < -0.4 is 0 Å². The van der Waals surface area contributed by atoms with E-state index in [1.165, 1.54) is 5.57 Å². The van der Waals surface area contributed by atoms with Crippen molar-refractivity contribution in [1.29, 1.82) is 0 Å². The highest BCUT2D eigenvalue weighted by molar-refractivity contribution is 6.00. The summed E-state index contributed by atoms with van der Waals surface area (Å²) in [6, 6.07) is 0. The van der Waals surface area contributed by atoms with Crippen LogP contribution in [0.5, 0.6) is 0 Å². The average molecular weight is 152 g/mol. The second-order valence-corrected chi connectivity index (χ2v) is 4.34. The fraction of sp³-hybridized carbons (Fsp3) is 0.700. The largest absolute Gasteiger partial charge is 0.294 e. The van der Waals surface area contributed by atoms with E-state index in [9.17, 15) is 4.79 Å². The molecule has 62 valence electrons. The van der Waals surface area contributed by atoms with Gasteiger partial charge < -0.3 is 0 Å². The molecule has 0 bridgehead atoms. The molecule has 0 saturated heterocycles. The lowest BCUT2D eigenvalue weighted by atomic mass is 9.77. The molecule has 0 aromatic rings. The van der Waals surface area contributed by atoms with Gasteiger partial charge in [0.15, 0.2) is 5.78 Å². The monoisotopic (exact) mass is 152 g/mol. The Kier molecular flexibility index (Phi) is 1.91. The lowest BCUT2D eigenvalue weighted by molar-refractivity contribution is -0.122. The molecule has 0 aromatic heterocycles. The van der Waals surface area contributed by atoms with Crippen molar-refractivity contribution in [1.82, 2.24) is 0 Å². The van der Waals surface area contributed by atoms with Crippen LogP contribution in [-0.4, -0.2) is 5.78 Å². The molecule has 1 nitrogen and oxygen atoms in total. The van der Waals surface area contributed by atoms with Crippen LogP contribution in [0.4, 0.5) is 0 Å². The molecule has 11 heavy (non-hydrogen) atoms. The summed E-state index contributed by atoms with van der Waals surface area (Å²) in [5.41, 5.74) is 2.19. The second kappa shape index (κ2) is 2.47. The van der Waals surface area contributed by atoms with Crippen molar-refractivity contribution in [3.05, 3.63) is 11.1 Å². The van der Waals surface area contributed by atoms with E-state index >= 15 is 0 Å². The summed E-state index contributed by atoms with van der Waals surface area (Å²) in [5.74, 6) is 0.334. The Labute approximate surface area is 68.5 Å². The minimum atomic E-state index is -0.184. The molecule has 1 aliphatic carbocycles. The molecule has 0 radical (unpaired) electrons. The maximum absolute atomic E-state index is 11.6. The van der Waals surface area contributed by atoms with E-state index in [1.807, 2.05) is 20.8 Å². The van der Waals surface area contributed by atoms with Crippen molar-refractivity contribution >= 4 is 5.78 Å². The molecule has 0 atom stereocenters. The van der Waals surface area contributed by atoms with Gasteiger partial charge in [-0.3, -0.25) is 4.79 Å². The van der Waals surface area contributed by atoms with Crippen LogP contribution in [0.25, 0.3) is 0 Å². The van der Waals surface area contributed by atoms with Crippen molar-refractivity contribution in [3.63, 3.8) is 0 Å². The number of ketones is 1. The predicted octanol–water partition coefficient (Wildman–Crippen LogP) is 2.71. The SMILES string of the molecule is CC1=C(C(=O)C(C)(C)C)CC1. The number of carbonyl (C=O) groups excluding carboxylic acids is 1. The van der Waals surface area contributed by atoms with E-state index in [2.05, 4.69) is 6.92 Å². The lowest BCUT2D eigenvalue weighted by Crippen LogP contribution is -2.25. The molecule has 0 N–H and O–H groups in total. The van der Waals surface area contributed by atoms with Crippen molar-refractivity contribution in [3.8, 4) is 0 Å². The molecule has 1 rings (SSSR count). The number of hydrogen-bond acceptors (Lipinski definition) is 1. The van der Waals surface area contributed by atoms with Crippen molar-refractivity contribution in [2.45, 2.75) is 40.5 Å². The Balaban J connectivity index is 2.79. The van der Waals surface area contributed by atoms with Gasteiger partial charge in [0.25, 0.3) is 0 Å². The van der Waals surface area contributed by atoms with Crippen LogP contribution in [0, 0.1) is 5.41 Å². The van der Waals surface area contributed by atoms with Gasteiger partial charge in [0.1, 0.15) is 0 Å². The normalized spacial score (nSPS) is 18.2. The van der Waals surface area contributed by atoms with Gasteiger partial charge in [0.2, 0.25) is 0 Å². The van der Waals surface area contributed by atoms with Crippen LogP contribution in [0.1, 0.15) is 40.5 Å². The third kappa shape index (κ3) is 1.52. The van der Waals surface area contributed by atoms with Gasteiger partial charge in [-0.25, -0.2) is 0 Å². The van der Waals surface area contributed by atoms with E-state index in [4.69, 9.17) is 0 Å². The first-order valence-electron chi connectivity index (χ1n) is 4.16. The summed E-state index contributed by atoms with van der Waals surface area (Å²) in [6.07, 6.45) is 2.12. The van der Waals surface area contributed by atoms with Gasteiger partial charge >= 0.3 is 0 Å². The zero-order valence-electron chi connectivity index (χ0n) is 7.82. The summed E-state index contributed by atoms with van der Waals surface area (Å²) in [6.45, 7) is 8.00. The number of allylic oxidation sites excluding steroid dienone is 2. The van der Waals surface area contributed by atoms with E-state index in [1.54, 1.807) is 0 Å². The molecule has 0 fully saturated rings.